The first kappa shape index (κ1) is 15.5. The van der Waals surface area contributed by atoms with Crippen molar-refractivity contribution in [3.8, 4) is 0 Å². The van der Waals surface area contributed by atoms with Crippen molar-refractivity contribution in [1.82, 2.24) is 0 Å². The molecule has 0 bridgehead atoms. The van der Waals surface area contributed by atoms with E-state index in [0.717, 1.165) is 5.56 Å². The van der Waals surface area contributed by atoms with Crippen LogP contribution in [0.5, 0.6) is 0 Å². The van der Waals surface area contributed by atoms with Gasteiger partial charge in [0.05, 0.1) is 9.40 Å². The number of allylic oxidation sites excluding steroid dienone is 1. The van der Waals surface area contributed by atoms with Gasteiger partial charge in [-0.05, 0) is 46.3 Å². The Balaban J connectivity index is 2.27. The maximum absolute atomic E-state index is 11.0. The van der Waals surface area contributed by atoms with Crippen molar-refractivity contribution in [3.05, 3.63) is 43.9 Å². The second-order valence-electron chi connectivity index (χ2n) is 5.16. The van der Waals surface area contributed by atoms with E-state index in [4.69, 9.17) is 11.6 Å². The molecule has 1 aromatic rings. The molecule has 5 heteroatoms. The Labute approximate surface area is 132 Å². The SMILES string of the molecule is O=[N+]([O-])c1cc(/C=C(/CCl)C2CCCCC2)ccc1Br. The third-order valence-electron chi connectivity index (χ3n) is 3.80. The molecule has 1 saturated carbocycles. The topological polar surface area (TPSA) is 43.1 Å². The number of alkyl halides is 1. The Kier molecular flexibility index (Phi) is 5.61. The normalized spacial score (nSPS) is 17.2. The zero-order chi connectivity index (χ0) is 14.5. The van der Waals surface area contributed by atoms with Crippen molar-refractivity contribution in [2.75, 3.05) is 5.88 Å². The van der Waals surface area contributed by atoms with Gasteiger partial charge in [-0.25, -0.2) is 0 Å². The van der Waals surface area contributed by atoms with Gasteiger partial charge in [0, 0.05) is 11.9 Å². The number of hydrogen-bond donors (Lipinski definition) is 0. The number of nitro benzene ring substituents is 1. The Morgan fingerprint density at radius 1 is 1.40 bits per heavy atom. The molecule has 20 heavy (non-hydrogen) atoms. The number of hydrogen-bond acceptors (Lipinski definition) is 2. The monoisotopic (exact) mass is 357 g/mol. The summed E-state index contributed by atoms with van der Waals surface area (Å²) in [6.45, 7) is 0. The fourth-order valence-corrected chi connectivity index (χ4v) is 3.40. The fourth-order valence-electron chi connectivity index (χ4n) is 2.71. The average Bonchev–Trinajstić information content (AvgIpc) is 2.47. The molecule has 0 amide bonds. The lowest BCUT2D eigenvalue weighted by atomic mass is 9.83. The third kappa shape index (κ3) is 3.83. The first-order chi connectivity index (χ1) is 9.61. The Bertz CT molecular complexity index is 525. The number of halogens is 2. The van der Waals surface area contributed by atoms with E-state index in [0.29, 0.717) is 16.3 Å². The largest absolute Gasteiger partial charge is 0.284 e. The van der Waals surface area contributed by atoms with Gasteiger partial charge in [-0.2, -0.15) is 0 Å². The maximum Gasteiger partial charge on any atom is 0.284 e. The molecule has 0 atom stereocenters. The van der Waals surface area contributed by atoms with Gasteiger partial charge in [0.2, 0.25) is 0 Å². The molecule has 0 aliphatic heterocycles. The molecular formula is C15H17BrClNO2. The molecular weight excluding hydrogens is 342 g/mol. The average molecular weight is 359 g/mol. The van der Waals surface area contributed by atoms with E-state index in [1.807, 2.05) is 12.1 Å². The van der Waals surface area contributed by atoms with Gasteiger partial charge < -0.3 is 0 Å². The summed E-state index contributed by atoms with van der Waals surface area (Å²) in [6, 6.07) is 5.20. The van der Waals surface area contributed by atoms with Gasteiger partial charge in [-0.15, -0.1) is 11.6 Å². The molecule has 0 aromatic heterocycles. The van der Waals surface area contributed by atoms with E-state index < -0.39 is 0 Å². The molecule has 0 N–H and O–H groups in total. The van der Waals surface area contributed by atoms with E-state index in [2.05, 4.69) is 15.9 Å². The number of nitro groups is 1. The second kappa shape index (κ2) is 7.23. The second-order valence-corrected chi connectivity index (χ2v) is 6.28. The quantitative estimate of drug-likeness (QED) is 0.402. The van der Waals surface area contributed by atoms with Crippen molar-refractivity contribution in [2.24, 2.45) is 5.92 Å². The first-order valence-corrected chi connectivity index (χ1v) is 8.15. The third-order valence-corrected chi connectivity index (χ3v) is 4.78. The lowest BCUT2D eigenvalue weighted by molar-refractivity contribution is -0.385. The Morgan fingerprint density at radius 3 is 2.70 bits per heavy atom. The minimum absolute atomic E-state index is 0.0938. The minimum Gasteiger partial charge on any atom is -0.258 e. The van der Waals surface area contributed by atoms with Gasteiger partial charge in [0.15, 0.2) is 0 Å². The Hall–Kier alpha value is -0.870. The van der Waals surface area contributed by atoms with Gasteiger partial charge >= 0.3 is 0 Å². The highest BCUT2D eigenvalue weighted by atomic mass is 79.9. The highest BCUT2D eigenvalue weighted by Gasteiger charge is 2.18. The maximum atomic E-state index is 11.0. The zero-order valence-electron chi connectivity index (χ0n) is 11.1. The lowest BCUT2D eigenvalue weighted by Gasteiger charge is -2.23. The molecule has 108 valence electrons. The summed E-state index contributed by atoms with van der Waals surface area (Å²) >= 11 is 9.28. The predicted molar refractivity (Wildman–Crippen MR) is 86.1 cm³/mol. The number of nitrogens with zero attached hydrogens (tertiary/aromatic N) is 1. The molecule has 1 aliphatic rings. The Morgan fingerprint density at radius 2 is 2.10 bits per heavy atom. The standard InChI is InChI=1S/C15H17BrClNO2/c16-14-7-6-11(9-15(14)18(19)20)8-13(10-17)12-4-2-1-3-5-12/h6-9,12H,1-5,10H2/b13-8-. The van der Waals surface area contributed by atoms with Crippen LogP contribution in [0.3, 0.4) is 0 Å². The molecule has 0 spiro atoms. The molecule has 0 heterocycles. The molecule has 3 nitrogen and oxygen atoms in total. The van der Waals surface area contributed by atoms with E-state index in [1.165, 1.54) is 37.7 Å². The predicted octanol–water partition coefficient (Wildman–Crippen LogP) is 5.56. The number of rotatable bonds is 4. The summed E-state index contributed by atoms with van der Waals surface area (Å²) in [6.07, 6.45) is 8.17. The highest BCUT2D eigenvalue weighted by Crippen LogP contribution is 2.32. The molecule has 0 radical (unpaired) electrons. The summed E-state index contributed by atoms with van der Waals surface area (Å²) in [5, 5.41) is 11.0. The summed E-state index contributed by atoms with van der Waals surface area (Å²) in [7, 11) is 0. The van der Waals surface area contributed by atoms with Crippen molar-refractivity contribution in [2.45, 2.75) is 32.1 Å². The van der Waals surface area contributed by atoms with Crippen molar-refractivity contribution >= 4 is 39.3 Å². The molecule has 0 unspecified atom stereocenters. The van der Waals surface area contributed by atoms with E-state index in [-0.39, 0.29) is 10.6 Å². The van der Waals surface area contributed by atoms with Crippen LogP contribution in [0.1, 0.15) is 37.7 Å². The van der Waals surface area contributed by atoms with Crippen LogP contribution in [0.4, 0.5) is 5.69 Å². The highest BCUT2D eigenvalue weighted by molar-refractivity contribution is 9.10. The van der Waals surface area contributed by atoms with Crippen molar-refractivity contribution in [3.63, 3.8) is 0 Å². The van der Waals surface area contributed by atoms with E-state index in [1.54, 1.807) is 12.1 Å². The van der Waals surface area contributed by atoms with Crippen LogP contribution in [0, 0.1) is 16.0 Å². The fraction of sp³-hybridized carbons (Fsp3) is 0.467. The lowest BCUT2D eigenvalue weighted by Crippen LogP contribution is -2.10. The van der Waals surface area contributed by atoms with Crippen LogP contribution in [-0.4, -0.2) is 10.8 Å². The van der Waals surface area contributed by atoms with Gasteiger partial charge in [0.1, 0.15) is 0 Å². The van der Waals surface area contributed by atoms with Gasteiger partial charge in [-0.1, -0.05) is 37.0 Å². The molecule has 1 aliphatic carbocycles. The molecule has 1 fully saturated rings. The first-order valence-electron chi connectivity index (χ1n) is 6.82. The van der Waals surface area contributed by atoms with Crippen LogP contribution in [-0.2, 0) is 0 Å². The van der Waals surface area contributed by atoms with Crippen LogP contribution in [0.2, 0.25) is 0 Å². The van der Waals surface area contributed by atoms with Crippen LogP contribution < -0.4 is 0 Å². The van der Waals surface area contributed by atoms with Gasteiger partial charge in [0.25, 0.3) is 5.69 Å². The summed E-state index contributed by atoms with van der Waals surface area (Å²) < 4.78 is 0.504. The molecule has 2 rings (SSSR count). The van der Waals surface area contributed by atoms with E-state index >= 15 is 0 Å². The summed E-state index contributed by atoms with van der Waals surface area (Å²) in [4.78, 5) is 10.6. The minimum atomic E-state index is -0.373. The smallest absolute Gasteiger partial charge is 0.258 e. The number of benzene rings is 1. The zero-order valence-corrected chi connectivity index (χ0v) is 13.5. The van der Waals surface area contributed by atoms with Crippen LogP contribution >= 0.6 is 27.5 Å². The summed E-state index contributed by atoms with van der Waals surface area (Å²) in [5.41, 5.74) is 2.14. The van der Waals surface area contributed by atoms with E-state index in [9.17, 15) is 10.1 Å². The molecule has 0 saturated heterocycles. The van der Waals surface area contributed by atoms with Crippen LogP contribution in [0.15, 0.2) is 28.2 Å². The van der Waals surface area contributed by atoms with Crippen molar-refractivity contribution in [1.29, 1.82) is 0 Å². The summed E-state index contributed by atoms with van der Waals surface area (Å²) in [5.74, 6) is 1.03. The van der Waals surface area contributed by atoms with Gasteiger partial charge in [-0.3, -0.25) is 10.1 Å². The van der Waals surface area contributed by atoms with Crippen molar-refractivity contribution < 1.29 is 4.92 Å². The van der Waals surface area contributed by atoms with Crippen LogP contribution in [0.25, 0.3) is 6.08 Å². The molecule has 1 aromatic carbocycles.